The van der Waals surface area contributed by atoms with Gasteiger partial charge in [-0.1, -0.05) is 39.0 Å². The van der Waals surface area contributed by atoms with Crippen LogP contribution in [0.4, 0.5) is 0 Å². The summed E-state index contributed by atoms with van der Waals surface area (Å²) in [7, 11) is 1.54. The van der Waals surface area contributed by atoms with Crippen LogP contribution in [0.1, 0.15) is 51.3 Å². The number of aliphatic hydroxyl groups is 1. The maximum atomic E-state index is 13.4. The van der Waals surface area contributed by atoms with Gasteiger partial charge in [-0.05, 0) is 56.3 Å². The molecule has 1 aliphatic rings. The van der Waals surface area contributed by atoms with Crippen molar-refractivity contribution in [3.8, 4) is 17.2 Å². The predicted octanol–water partition coefficient (Wildman–Crippen LogP) is 4.65. The van der Waals surface area contributed by atoms with Crippen LogP contribution in [-0.2, 0) is 9.59 Å². The molecule has 0 saturated carbocycles. The average Bonchev–Trinajstić information content (AvgIpc) is 3.17. The molecule has 1 N–H and O–H groups in total. The van der Waals surface area contributed by atoms with Gasteiger partial charge in [-0.15, -0.1) is 0 Å². The fourth-order valence-corrected chi connectivity index (χ4v) is 4.48. The van der Waals surface area contributed by atoms with Crippen LogP contribution in [-0.4, -0.2) is 73.1 Å². The molecule has 0 aliphatic carbocycles. The first-order valence-electron chi connectivity index (χ1n) is 12.9. The molecule has 0 spiro atoms. The quantitative estimate of drug-likeness (QED) is 0.238. The third kappa shape index (κ3) is 6.25. The van der Waals surface area contributed by atoms with Crippen LogP contribution in [0.3, 0.4) is 0 Å². The summed E-state index contributed by atoms with van der Waals surface area (Å²) in [6.45, 7) is 11.6. The molecule has 1 atom stereocenters. The largest absolute Gasteiger partial charge is 0.507 e. The second-order valence-electron chi connectivity index (χ2n) is 8.74. The Balaban J connectivity index is 2.13. The average molecular weight is 511 g/mol. The third-order valence-corrected chi connectivity index (χ3v) is 6.48. The normalized spacial score (nSPS) is 16.9. The van der Waals surface area contributed by atoms with Crippen LogP contribution in [0, 0.1) is 0 Å². The number of ketones is 1. The van der Waals surface area contributed by atoms with E-state index >= 15 is 0 Å². The zero-order chi connectivity index (χ0) is 26.9. The molecule has 2 aromatic carbocycles. The van der Waals surface area contributed by atoms with E-state index in [9.17, 15) is 14.7 Å². The Morgan fingerprint density at radius 3 is 2.41 bits per heavy atom. The number of aliphatic hydroxyl groups excluding tert-OH is 1. The summed E-state index contributed by atoms with van der Waals surface area (Å²) in [5.41, 5.74) is 1.11. The highest BCUT2D eigenvalue weighted by Crippen LogP contribution is 2.42. The van der Waals surface area contributed by atoms with Gasteiger partial charge in [0.25, 0.3) is 11.7 Å². The number of hydrogen-bond acceptors (Lipinski definition) is 7. The van der Waals surface area contributed by atoms with E-state index in [-0.39, 0.29) is 11.3 Å². The van der Waals surface area contributed by atoms with Crippen molar-refractivity contribution in [3.05, 3.63) is 59.2 Å². The Morgan fingerprint density at radius 2 is 1.76 bits per heavy atom. The number of likely N-dealkylation sites (tertiary alicyclic amines) is 1. The lowest BCUT2D eigenvalue weighted by atomic mass is 9.95. The van der Waals surface area contributed by atoms with E-state index < -0.39 is 17.7 Å². The van der Waals surface area contributed by atoms with Gasteiger partial charge in [0.1, 0.15) is 11.5 Å². The van der Waals surface area contributed by atoms with Crippen molar-refractivity contribution < 1.29 is 28.9 Å². The van der Waals surface area contributed by atoms with Gasteiger partial charge in [-0.25, -0.2) is 0 Å². The summed E-state index contributed by atoms with van der Waals surface area (Å²) >= 11 is 0. The molecule has 0 aromatic heterocycles. The highest BCUT2D eigenvalue weighted by Gasteiger charge is 2.46. The van der Waals surface area contributed by atoms with Gasteiger partial charge in [0, 0.05) is 18.7 Å². The molecule has 0 radical (unpaired) electrons. The number of nitrogens with zero attached hydrogens (tertiary/aromatic N) is 2. The second kappa shape index (κ2) is 13.1. The number of benzene rings is 2. The number of likely N-dealkylation sites (N-methyl/N-ethyl adjacent to an activating group) is 1. The first kappa shape index (κ1) is 28.1. The molecule has 8 heteroatoms. The first-order valence-corrected chi connectivity index (χ1v) is 12.9. The van der Waals surface area contributed by atoms with Crippen LogP contribution in [0.5, 0.6) is 17.2 Å². The molecule has 1 amide bonds. The molecule has 1 heterocycles. The molecule has 3 rings (SSSR count). The Labute approximate surface area is 219 Å². The van der Waals surface area contributed by atoms with E-state index in [2.05, 4.69) is 18.7 Å². The number of amides is 1. The Bertz CT molecular complexity index is 1130. The minimum Gasteiger partial charge on any atom is -0.507 e. The second-order valence-corrected chi connectivity index (χ2v) is 8.74. The summed E-state index contributed by atoms with van der Waals surface area (Å²) in [5.74, 6) is 0.0578. The molecule has 1 unspecified atom stereocenters. The molecular weight excluding hydrogens is 472 g/mol. The highest BCUT2D eigenvalue weighted by molar-refractivity contribution is 6.46. The Hall–Kier alpha value is -3.52. The lowest BCUT2D eigenvalue weighted by Crippen LogP contribution is -2.38. The number of carbonyl (C=O) groups excluding carboxylic acids is 2. The van der Waals surface area contributed by atoms with Crippen LogP contribution in [0.25, 0.3) is 5.76 Å². The number of hydrogen-bond donors (Lipinski definition) is 1. The number of ether oxygens (including phenoxy) is 3. The molecule has 2 aromatic rings. The molecule has 1 aliphatic heterocycles. The monoisotopic (exact) mass is 510 g/mol. The van der Waals surface area contributed by atoms with Crippen LogP contribution >= 0.6 is 0 Å². The number of methoxy groups -OCH3 is 1. The van der Waals surface area contributed by atoms with Crippen LogP contribution < -0.4 is 14.2 Å². The molecule has 200 valence electrons. The van der Waals surface area contributed by atoms with E-state index in [1.807, 2.05) is 19.9 Å². The van der Waals surface area contributed by atoms with Crippen molar-refractivity contribution in [3.63, 3.8) is 0 Å². The zero-order valence-electron chi connectivity index (χ0n) is 22.5. The maximum absolute atomic E-state index is 13.4. The van der Waals surface area contributed by atoms with E-state index in [0.29, 0.717) is 54.7 Å². The molecule has 1 saturated heterocycles. The minimum atomic E-state index is -0.777. The minimum absolute atomic E-state index is 0.0448. The van der Waals surface area contributed by atoms with E-state index in [1.54, 1.807) is 48.4 Å². The molecule has 37 heavy (non-hydrogen) atoms. The van der Waals surface area contributed by atoms with Gasteiger partial charge in [-0.3, -0.25) is 9.59 Å². The van der Waals surface area contributed by atoms with Crippen molar-refractivity contribution in [1.82, 2.24) is 9.80 Å². The van der Waals surface area contributed by atoms with Gasteiger partial charge in [-0.2, -0.15) is 0 Å². The third-order valence-electron chi connectivity index (χ3n) is 6.48. The molecular formula is C29H38N2O6. The van der Waals surface area contributed by atoms with Crippen molar-refractivity contribution >= 4 is 17.4 Å². The highest BCUT2D eigenvalue weighted by atomic mass is 16.5. The summed E-state index contributed by atoms with van der Waals surface area (Å²) in [5, 5.41) is 11.4. The van der Waals surface area contributed by atoms with E-state index in [1.165, 1.54) is 0 Å². The van der Waals surface area contributed by atoms with Crippen LogP contribution in [0.2, 0.25) is 0 Å². The molecule has 0 bridgehead atoms. The number of carbonyl (C=O) groups is 2. The standard InChI is InChI=1S/C29H38N2O6/c1-6-17-37-22-12-10-11-21(18-22)27(32)25-26(20-13-14-23(36-9-4)24(19-20)35-5)31(29(34)28(25)33)16-15-30(7-2)8-3/h10-14,18-19,26,32H,6-9,15-17H2,1-5H3. The van der Waals surface area contributed by atoms with Gasteiger partial charge in [0.2, 0.25) is 0 Å². The van der Waals surface area contributed by atoms with E-state index in [4.69, 9.17) is 14.2 Å². The van der Waals surface area contributed by atoms with Gasteiger partial charge in [0.05, 0.1) is 31.9 Å². The topological polar surface area (TPSA) is 88.5 Å². The SMILES string of the molecule is CCCOc1cccc(C(O)=C2C(=O)C(=O)N(CCN(CC)CC)C2c2ccc(OCC)c(OC)c2)c1. The van der Waals surface area contributed by atoms with Gasteiger partial charge >= 0.3 is 0 Å². The first-order chi connectivity index (χ1) is 17.9. The van der Waals surface area contributed by atoms with Crippen LogP contribution in [0.15, 0.2) is 48.0 Å². The smallest absolute Gasteiger partial charge is 0.295 e. The van der Waals surface area contributed by atoms with Crippen molar-refractivity contribution in [2.75, 3.05) is 46.5 Å². The summed E-state index contributed by atoms with van der Waals surface area (Å²) in [4.78, 5) is 30.4. The molecule has 8 nitrogen and oxygen atoms in total. The number of Topliss-reactive ketones (excluding diaryl/α,β-unsaturated/α-hetero) is 1. The van der Waals surface area contributed by atoms with Crippen molar-refractivity contribution in [2.24, 2.45) is 0 Å². The summed E-state index contributed by atoms with van der Waals surface area (Å²) in [6, 6.07) is 11.5. The maximum Gasteiger partial charge on any atom is 0.295 e. The predicted molar refractivity (Wildman–Crippen MR) is 143 cm³/mol. The fourth-order valence-electron chi connectivity index (χ4n) is 4.48. The zero-order valence-corrected chi connectivity index (χ0v) is 22.5. The van der Waals surface area contributed by atoms with Gasteiger partial charge in [0.15, 0.2) is 11.5 Å². The lowest BCUT2D eigenvalue weighted by molar-refractivity contribution is -0.140. The van der Waals surface area contributed by atoms with Gasteiger partial charge < -0.3 is 29.1 Å². The fraction of sp³-hybridized carbons (Fsp3) is 0.448. The summed E-state index contributed by atoms with van der Waals surface area (Å²) in [6.07, 6.45) is 0.841. The Kier molecular flexibility index (Phi) is 9.97. The molecule has 1 fully saturated rings. The lowest BCUT2D eigenvalue weighted by Gasteiger charge is -2.28. The Morgan fingerprint density at radius 1 is 1.00 bits per heavy atom. The summed E-state index contributed by atoms with van der Waals surface area (Å²) < 4.78 is 16.9. The number of rotatable bonds is 13. The van der Waals surface area contributed by atoms with E-state index in [0.717, 1.165) is 19.5 Å². The van der Waals surface area contributed by atoms with Crippen molar-refractivity contribution in [1.29, 1.82) is 0 Å². The van der Waals surface area contributed by atoms with Crippen molar-refractivity contribution in [2.45, 2.75) is 40.2 Å².